The number of nitrogens with one attached hydrogen (secondary N) is 1. The Kier molecular flexibility index (Phi) is 3.06. The molecule has 0 unspecified atom stereocenters. The van der Waals surface area contributed by atoms with Crippen LogP contribution in [0, 0.1) is 0 Å². The summed E-state index contributed by atoms with van der Waals surface area (Å²) in [6.07, 6.45) is 0. The molecule has 0 atom stereocenters. The molecule has 1 aromatic heterocycles. The van der Waals surface area contributed by atoms with Gasteiger partial charge in [0.05, 0.1) is 0 Å². The molecule has 0 radical (unpaired) electrons. The monoisotopic (exact) mass is 258 g/mol. The fourth-order valence-corrected chi connectivity index (χ4v) is 4.04. The number of hydrogen-bond acceptors (Lipinski definition) is 3. The molecule has 0 saturated heterocycles. The van der Waals surface area contributed by atoms with Crippen LogP contribution in [0.4, 0.5) is 0 Å². The third kappa shape index (κ3) is 2.14. The van der Waals surface area contributed by atoms with Gasteiger partial charge in [-0.3, -0.25) is 0 Å². The summed E-state index contributed by atoms with van der Waals surface area (Å²) in [7, 11) is 0. The van der Waals surface area contributed by atoms with Crippen LogP contribution in [0.3, 0.4) is 0 Å². The van der Waals surface area contributed by atoms with Crippen LogP contribution >= 0.6 is 11.9 Å². The summed E-state index contributed by atoms with van der Waals surface area (Å²) in [6.45, 7) is 3.08. The molecule has 0 saturated carbocycles. The normalized spacial score (nSPS) is 10.8. The van der Waals surface area contributed by atoms with E-state index in [2.05, 4.69) is 34.8 Å². The topological polar surface area (TPSA) is 24.9 Å². The number of nitrogens with zero attached hydrogens (tertiary/aromatic N) is 1. The number of para-hydroxylation sites is 1. The first-order valence-corrected chi connectivity index (χ1v) is 6.68. The zero-order valence-corrected chi connectivity index (χ0v) is 9.81. The summed E-state index contributed by atoms with van der Waals surface area (Å²) in [6, 6.07) is 8.37. The molecule has 0 fully saturated rings. The van der Waals surface area contributed by atoms with Crippen LogP contribution < -0.4 is 4.72 Å². The van der Waals surface area contributed by atoms with Gasteiger partial charge in [0.15, 0.2) is 0 Å². The van der Waals surface area contributed by atoms with Gasteiger partial charge in [-0.2, -0.15) is 0 Å². The molecular weight excluding hydrogens is 247 g/mol. The van der Waals surface area contributed by atoms with Crippen LogP contribution in [-0.4, -0.2) is 26.0 Å². The molecular formula is C9H10N2SSe. The summed E-state index contributed by atoms with van der Waals surface area (Å²) in [5.74, 6) is 0. The van der Waals surface area contributed by atoms with Crippen LogP contribution in [-0.2, 0) is 0 Å². The maximum atomic E-state index is 4.53. The molecule has 0 aliphatic heterocycles. The van der Waals surface area contributed by atoms with E-state index < -0.39 is 0 Å². The van der Waals surface area contributed by atoms with E-state index in [-0.39, 0.29) is 0 Å². The summed E-state index contributed by atoms with van der Waals surface area (Å²) in [4.78, 5) is 4.53. The summed E-state index contributed by atoms with van der Waals surface area (Å²) in [5.41, 5.74) is 1.16. The molecule has 0 spiro atoms. The van der Waals surface area contributed by atoms with E-state index in [1.807, 2.05) is 6.07 Å². The minimum absolute atomic E-state index is 0.420. The van der Waals surface area contributed by atoms with Crippen molar-refractivity contribution >= 4 is 36.2 Å². The SMILES string of the molecule is CCNSc1nc2ccccc2[se]1. The van der Waals surface area contributed by atoms with Gasteiger partial charge in [-0.1, -0.05) is 0 Å². The zero-order valence-electron chi connectivity index (χ0n) is 7.28. The number of aromatic nitrogens is 1. The molecule has 0 aliphatic rings. The third-order valence-electron chi connectivity index (χ3n) is 1.58. The number of benzene rings is 1. The molecule has 1 aromatic carbocycles. The first-order chi connectivity index (χ1) is 6.40. The van der Waals surface area contributed by atoms with Crippen molar-refractivity contribution in [3.63, 3.8) is 0 Å². The second kappa shape index (κ2) is 4.29. The van der Waals surface area contributed by atoms with Crippen LogP contribution in [0.1, 0.15) is 6.92 Å². The van der Waals surface area contributed by atoms with Crippen molar-refractivity contribution in [2.75, 3.05) is 6.54 Å². The first-order valence-electron chi connectivity index (χ1n) is 4.15. The molecule has 0 aliphatic carbocycles. The van der Waals surface area contributed by atoms with Gasteiger partial charge < -0.3 is 0 Å². The van der Waals surface area contributed by atoms with E-state index in [9.17, 15) is 0 Å². The molecule has 0 amide bonds. The summed E-state index contributed by atoms with van der Waals surface area (Å²) < 4.78 is 5.86. The molecule has 13 heavy (non-hydrogen) atoms. The fourth-order valence-electron chi connectivity index (χ4n) is 1.03. The van der Waals surface area contributed by atoms with Crippen LogP contribution in [0.5, 0.6) is 0 Å². The second-order valence-corrected chi connectivity index (χ2v) is 6.17. The van der Waals surface area contributed by atoms with E-state index in [0.29, 0.717) is 14.5 Å². The van der Waals surface area contributed by atoms with Gasteiger partial charge >= 0.3 is 87.6 Å². The molecule has 4 heteroatoms. The quantitative estimate of drug-likeness (QED) is 0.671. The van der Waals surface area contributed by atoms with Crippen LogP contribution in [0.15, 0.2) is 28.2 Å². The van der Waals surface area contributed by atoms with Crippen molar-refractivity contribution in [1.82, 2.24) is 9.71 Å². The van der Waals surface area contributed by atoms with Crippen molar-refractivity contribution in [2.24, 2.45) is 0 Å². The van der Waals surface area contributed by atoms with Crippen molar-refractivity contribution in [1.29, 1.82) is 0 Å². The van der Waals surface area contributed by atoms with Crippen LogP contribution in [0.25, 0.3) is 9.78 Å². The van der Waals surface area contributed by atoms with Gasteiger partial charge in [-0.25, -0.2) is 0 Å². The average molecular weight is 257 g/mol. The van der Waals surface area contributed by atoms with Crippen molar-refractivity contribution < 1.29 is 0 Å². The molecule has 2 nitrogen and oxygen atoms in total. The Balaban J connectivity index is 2.28. The molecule has 0 bridgehead atoms. The number of rotatable bonds is 3. The van der Waals surface area contributed by atoms with Gasteiger partial charge in [0, 0.05) is 0 Å². The molecule has 2 rings (SSSR count). The van der Waals surface area contributed by atoms with Gasteiger partial charge in [0.2, 0.25) is 0 Å². The van der Waals surface area contributed by atoms with Crippen molar-refractivity contribution in [3.05, 3.63) is 24.3 Å². The predicted molar refractivity (Wildman–Crippen MR) is 58.2 cm³/mol. The second-order valence-electron chi connectivity index (χ2n) is 2.55. The third-order valence-corrected chi connectivity index (χ3v) is 4.98. The molecule has 2 aromatic rings. The summed E-state index contributed by atoms with van der Waals surface area (Å²) >= 11 is 2.09. The summed E-state index contributed by atoms with van der Waals surface area (Å²) in [5, 5.41) is 0. The van der Waals surface area contributed by atoms with E-state index in [1.54, 1.807) is 11.9 Å². The Morgan fingerprint density at radius 3 is 3.08 bits per heavy atom. The predicted octanol–water partition coefficient (Wildman–Crippen LogP) is 1.91. The molecule has 1 N–H and O–H groups in total. The number of fused-ring (bicyclic) bond motifs is 1. The van der Waals surface area contributed by atoms with Gasteiger partial charge in [-0.15, -0.1) is 0 Å². The number of hydrogen-bond donors (Lipinski definition) is 1. The van der Waals surface area contributed by atoms with E-state index in [0.717, 1.165) is 12.1 Å². The van der Waals surface area contributed by atoms with Gasteiger partial charge in [0.1, 0.15) is 0 Å². The van der Waals surface area contributed by atoms with E-state index in [4.69, 9.17) is 0 Å². The van der Waals surface area contributed by atoms with Gasteiger partial charge in [-0.05, 0) is 0 Å². The van der Waals surface area contributed by atoms with Gasteiger partial charge in [0.25, 0.3) is 0 Å². The molecule has 68 valence electrons. The van der Waals surface area contributed by atoms with E-state index >= 15 is 0 Å². The maximum absolute atomic E-state index is 4.53. The minimum atomic E-state index is 0.420. The average Bonchev–Trinajstić information content (AvgIpc) is 2.57. The zero-order chi connectivity index (χ0) is 9.10. The van der Waals surface area contributed by atoms with E-state index in [1.165, 1.54) is 8.16 Å². The first kappa shape index (κ1) is 9.28. The van der Waals surface area contributed by atoms with Crippen LogP contribution in [0.2, 0.25) is 0 Å². The Hall–Kier alpha value is -0.281. The standard InChI is InChI=1S/C9H10N2SSe/c1-2-10-12-9-11-7-5-3-4-6-8(7)13-9/h3-6,10H,2H2,1H3. The Morgan fingerprint density at radius 1 is 1.46 bits per heavy atom. The van der Waals surface area contributed by atoms with Crippen molar-refractivity contribution in [2.45, 2.75) is 10.8 Å². The van der Waals surface area contributed by atoms with Crippen molar-refractivity contribution in [3.8, 4) is 0 Å². The Morgan fingerprint density at radius 2 is 2.31 bits per heavy atom. The fraction of sp³-hybridized carbons (Fsp3) is 0.222. The molecule has 1 heterocycles. The Labute approximate surface area is 87.6 Å². The Bertz CT molecular complexity index is 366.